The number of allylic oxidation sites excluding steroid dienone is 4. The lowest BCUT2D eigenvalue weighted by atomic mass is 9.81. The molecule has 2 atom stereocenters. The van der Waals surface area contributed by atoms with Gasteiger partial charge in [0.25, 0.3) is 0 Å². The van der Waals surface area contributed by atoms with Crippen LogP contribution in [0, 0.1) is 29.6 Å². The van der Waals surface area contributed by atoms with Gasteiger partial charge in [0.1, 0.15) is 0 Å². The summed E-state index contributed by atoms with van der Waals surface area (Å²) < 4.78 is 1.11. The van der Waals surface area contributed by atoms with E-state index in [2.05, 4.69) is 37.8 Å². The van der Waals surface area contributed by atoms with E-state index in [0.717, 1.165) is 6.42 Å². The number of hydrogen-bond acceptors (Lipinski definition) is 2. The molecule has 0 radical (unpaired) electrons. The van der Waals surface area contributed by atoms with Crippen LogP contribution in [-0.4, -0.2) is 11.6 Å². The van der Waals surface area contributed by atoms with Gasteiger partial charge in [-0.1, -0.05) is 19.1 Å². The summed E-state index contributed by atoms with van der Waals surface area (Å²) in [5, 5.41) is 0. The fourth-order valence-corrected chi connectivity index (χ4v) is 4.53. The SMILES string of the molecule is C#CC(=O)[C@@H]1CC2(C=C(Br)C(=O)C(Br)=C2)C[C@@H]1C. The standard InChI is InChI=1S/C14H12Br2O2/c1-3-12(17)9-5-14(4-8(9)2)6-10(15)13(18)11(16)7-14/h1,6-9H,4-5H2,2H3/t8-,9+/m0/s1. The molecule has 2 aliphatic carbocycles. The molecule has 0 amide bonds. The average molecular weight is 372 g/mol. The number of ketones is 2. The molecule has 1 spiro atoms. The highest BCUT2D eigenvalue weighted by Gasteiger charge is 2.45. The van der Waals surface area contributed by atoms with E-state index in [1.54, 1.807) is 0 Å². The van der Waals surface area contributed by atoms with Gasteiger partial charge in [-0.3, -0.25) is 9.59 Å². The molecule has 0 aliphatic heterocycles. The second-order valence-corrected chi connectivity index (χ2v) is 6.76. The minimum atomic E-state index is -0.234. The molecule has 0 bridgehead atoms. The van der Waals surface area contributed by atoms with Crippen molar-refractivity contribution in [2.75, 3.05) is 0 Å². The van der Waals surface area contributed by atoms with Crippen LogP contribution in [0.2, 0.25) is 0 Å². The van der Waals surface area contributed by atoms with Gasteiger partial charge in [0.15, 0.2) is 0 Å². The first-order valence-electron chi connectivity index (χ1n) is 5.70. The summed E-state index contributed by atoms with van der Waals surface area (Å²) in [7, 11) is 0. The van der Waals surface area contributed by atoms with Crippen molar-refractivity contribution < 1.29 is 9.59 Å². The fraction of sp³-hybridized carbons (Fsp3) is 0.429. The molecular weight excluding hydrogens is 360 g/mol. The molecule has 4 heteroatoms. The molecule has 0 aromatic carbocycles. The Morgan fingerprint density at radius 3 is 2.44 bits per heavy atom. The molecule has 18 heavy (non-hydrogen) atoms. The van der Waals surface area contributed by atoms with Gasteiger partial charge in [-0.15, -0.1) is 6.42 Å². The third kappa shape index (κ3) is 2.26. The number of carbonyl (C=O) groups excluding carboxylic acids is 2. The molecule has 0 N–H and O–H groups in total. The minimum Gasteiger partial charge on any atom is -0.287 e. The van der Waals surface area contributed by atoms with Crippen LogP contribution in [0.5, 0.6) is 0 Å². The molecule has 0 aromatic rings. The third-order valence-electron chi connectivity index (χ3n) is 3.73. The smallest absolute Gasteiger partial charge is 0.208 e. The van der Waals surface area contributed by atoms with Gasteiger partial charge in [0, 0.05) is 11.3 Å². The topological polar surface area (TPSA) is 34.1 Å². The van der Waals surface area contributed by atoms with Crippen molar-refractivity contribution in [1.29, 1.82) is 0 Å². The van der Waals surface area contributed by atoms with E-state index in [-0.39, 0.29) is 28.8 Å². The zero-order valence-corrected chi connectivity index (χ0v) is 13.0. The first kappa shape index (κ1) is 13.8. The fourth-order valence-electron chi connectivity index (χ4n) is 2.92. The van der Waals surface area contributed by atoms with Gasteiger partial charge in [0.05, 0.1) is 8.96 Å². The maximum absolute atomic E-state index is 11.7. The first-order chi connectivity index (χ1) is 8.38. The molecule has 0 heterocycles. The zero-order chi connectivity index (χ0) is 13.5. The van der Waals surface area contributed by atoms with Gasteiger partial charge in [-0.25, -0.2) is 0 Å². The van der Waals surface area contributed by atoms with Crippen LogP contribution in [0.4, 0.5) is 0 Å². The summed E-state index contributed by atoms with van der Waals surface area (Å²) in [5.41, 5.74) is -0.234. The highest BCUT2D eigenvalue weighted by molar-refractivity contribution is 9.13. The average Bonchev–Trinajstić information content (AvgIpc) is 2.62. The molecular formula is C14H12Br2O2. The second kappa shape index (κ2) is 4.79. The van der Waals surface area contributed by atoms with Crippen molar-refractivity contribution in [3.63, 3.8) is 0 Å². The molecule has 1 fully saturated rings. The van der Waals surface area contributed by atoms with Crippen molar-refractivity contribution in [3.05, 3.63) is 21.1 Å². The Labute approximate surface area is 123 Å². The Morgan fingerprint density at radius 2 is 1.94 bits per heavy atom. The predicted molar refractivity (Wildman–Crippen MR) is 77.2 cm³/mol. The lowest BCUT2D eigenvalue weighted by Crippen LogP contribution is -2.20. The summed E-state index contributed by atoms with van der Waals surface area (Å²) in [5.74, 6) is 2.15. The van der Waals surface area contributed by atoms with E-state index >= 15 is 0 Å². The Morgan fingerprint density at radius 1 is 1.39 bits per heavy atom. The molecule has 0 unspecified atom stereocenters. The van der Waals surface area contributed by atoms with Crippen LogP contribution < -0.4 is 0 Å². The first-order valence-corrected chi connectivity index (χ1v) is 7.29. The van der Waals surface area contributed by atoms with E-state index in [0.29, 0.717) is 15.4 Å². The number of Topliss-reactive ketones (excluding diaryl/α,β-unsaturated/α-hetero) is 2. The normalized spacial score (nSPS) is 29.8. The van der Waals surface area contributed by atoms with Crippen molar-refractivity contribution in [3.8, 4) is 12.3 Å². The van der Waals surface area contributed by atoms with Gasteiger partial charge in [0.2, 0.25) is 11.6 Å². The summed E-state index contributed by atoms with van der Waals surface area (Å²) in [6, 6.07) is 0. The van der Waals surface area contributed by atoms with Crippen molar-refractivity contribution in [1.82, 2.24) is 0 Å². The van der Waals surface area contributed by atoms with Gasteiger partial charge < -0.3 is 0 Å². The maximum atomic E-state index is 11.7. The number of hydrogen-bond donors (Lipinski definition) is 0. The van der Waals surface area contributed by atoms with Crippen LogP contribution in [0.1, 0.15) is 19.8 Å². The largest absolute Gasteiger partial charge is 0.287 e. The lowest BCUT2D eigenvalue weighted by Gasteiger charge is -2.25. The maximum Gasteiger partial charge on any atom is 0.208 e. The molecule has 2 rings (SSSR count). The summed E-state index contributed by atoms with van der Waals surface area (Å²) in [6.45, 7) is 2.04. The van der Waals surface area contributed by atoms with E-state index in [9.17, 15) is 9.59 Å². The van der Waals surface area contributed by atoms with Gasteiger partial charge in [-0.2, -0.15) is 0 Å². The zero-order valence-electron chi connectivity index (χ0n) is 9.87. The van der Waals surface area contributed by atoms with Crippen LogP contribution >= 0.6 is 31.9 Å². The predicted octanol–water partition coefficient (Wildman–Crippen LogP) is 3.36. The molecule has 1 saturated carbocycles. The van der Waals surface area contributed by atoms with Crippen molar-refractivity contribution in [2.24, 2.45) is 17.3 Å². The summed E-state index contributed by atoms with van der Waals surface area (Å²) >= 11 is 6.58. The summed E-state index contributed by atoms with van der Waals surface area (Å²) in [6.07, 6.45) is 10.6. The van der Waals surface area contributed by atoms with Gasteiger partial charge >= 0.3 is 0 Å². The van der Waals surface area contributed by atoms with Gasteiger partial charge in [-0.05, 0) is 56.5 Å². The summed E-state index contributed by atoms with van der Waals surface area (Å²) in [4.78, 5) is 23.4. The van der Waals surface area contributed by atoms with E-state index in [1.165, 1.54) is 0 Å². The number of halogens is 2. The number of terminal acetylenes is 1. The second-order valence-electron chi connectivity index (χ2n) is 5.05. The lowest BCUT2D eigenvalue weighted by molar-refractivity contribution is -0.118. The third-order valence-corrected chi connectivity index (χ3v) is 4.91. The minimum absolute atomic E-state index is 0.0556. The van der Waals surface area contributed by atoms with E-state index < -0.39 is 0 Å². The quantitative estimate of drug-likeness (QED) is 0.523. The molecule has 94 valence electrons. The molecule has 0 saturated heterocycles. The number of rotatable bonds is 1. The highest BCUT2D eigenvalue weighted by Crippen LogP contribution is 2.51. The molecule has 2 aliphatic rings. The highest BCUT2D eigenvalue weighted by atomic mass is 79.9. The van der Waals surface area contributed by atoms with E-state index in [4.69, 9.17) is 6.42 Å². The van der Waals surface area contributed by atoms with E-state index in [1.807, 2.05) is 19.1 Å². The molecule has 0 aromatic heterocycles. The Hall–Kier alpha value is -0.660. The van der Waals surface area contributed by atoms with Crippen LogP contribution in [0.15, 0.2) is 21.1 Å². The van der Waals surface area contributed by atoms with Crippen LogP contribution in [0.3, 0.4) is 0 Å². The molecule has 2 nitrogen and oxygen atoms in total. The number of carbonyl (C=O) groups is 2. The van der Waals surface area contributed by atoms with Crippen LogP contribution in [0.25, 0.3) is 0 Å². The Bertz CT molecular complexity index is 500. The monoisotopic (exact) mass is 370 g/mol. The Balaban J connectivity index is 2.34. The van der Waals surface area contributed by atoms with Crippen LogP contribution in [-0.2, 0) is 9.59 Å². The Kier molecular flexibility index (Phi) is 3.66. The van der Waals surface area contributed by atoms with Crippen molar-refractivity contribution >= 4 is 43.4 Å². The van der Waals surface area contributed by atoms with Crippen molar-refractivity contribution in [2.45, 2.75) is 19.8 Å².